The number of carbonyl (C=O) groups is 2. The van der Waals surface area contributed by atoms with E-state index in [9.17, 15) is 9.59 Å². The molecule has 8 nitrogen and oxygen atoms in total. The van der Waals surface area contributed by atoms with Crippen molar-refractivity contribution >= 4 is 23.3 Å². The monoisotopic (exact) mass is 412 g/mol. The van der Waals surface area contributed by atoms with Crippen molar-refractivity contribution in [2.45, 2.75) is 19.3 Å². The molecule has 0 spiro atoms. The van der Waals surface area contributed by atoms with Crippen LogP contribution in [0.4, 0.5) is 11.5 Å². The SMILES string of the molecule is COCCNC(=O)CN1CCCCCOc2ccccc2Nc2cccc(n2)C1=O. The van der Waals surface area contributed by atoms with Crippen molar-refractivity contribution < 1.29 is 19.1 Å². The summed E-state index contributed by atoms with van der Waals surface area (Å²) in [5, 5.41) is 5.99. The lowest BCUT2D eigenvalue weighted by atomic mass is 10.2. The zero-order chi connectivity index (χ0) is 21.2. The number of hydrogen-bond donors (Lipinski definition) is 2. The van der Waals surface area contributed by atoms with Gasteiger partial charge in [0.05, 0.1) is 25.4 Å². The molecule has 0 aliphatic carbocycles. The van der Waals surface area contributed by atoms with Gasteiger partial charge in [-0.2, -0.15) is 0 Å². The summed E-state index contributed by atoms with van der Waals surface area (Å²) in [7, 11) is 1.58. The van der Waals surface area contributed by atoms with Crippen LogP contribution in [0.25, 0.3) is 0 Å². The second-order valence-electron chi connectivity index (χ2n) is 7.01. The molecule has 2 heterocycles. The summed E-state index contributed by atoms with van der Waals surface area (Å²) in [6.45, 7) is 1.88. The highest BCUT2D eigenvalue weighted by atomic mass is 16.5. The molecule has 8 heteroatoms. The molecule has 1 aromatic heterocycles. The Morgan fingerprint density at radius 3 is 2.93 bits per heavy atom. The van der Waals surface area contributed by atoms with Gasteiger partial charge in [-0.05, 0) is 43.5 Å². The quantitative estimate of drug-likeness (QED) is 0.734. The van der Waals surface area contributed by atoms with Gasteiger partial charge in [-0.1, -0.05) is 18.2 Å². The Hall–Kier alpha value is -3.13. The molecular formula is C22H28N4O4. The number of methoxy groups -OCH3 is 1. The van der Waals surface area contributed by atoms with Crippen LogP contribution in [0.5, 0.6) is 5.75 Å². The maximum atomic E-state index is 13.1. The number of pyridine rings is 1. The highest BCUT2D eigenvalue weighted by molar-refractivity contribution is 5.95. The van der Waals surface area contributed by atoms with Gasteiger partial charge >= 0.3 is 0 Å². The Labute approximate surface area is 176 Å². The van der Waals surface area contributed by atoms with Crippen molar-refractivity contribution in [2.24, 2.45) is 0 Å². The largest absolute Gasteiger partial charge is 0.491 e. The topological polar surface area (TPSA) is 92.8 Å². The van der Waals surface area contributed by atoms with Gasteiger partial charge in [0.15, 0.2) is 0 Å². The molecular weight excluding hydrogens is 384 g/mol. The van der Waals surface area contributed by atoms with Gasteiger partial charge in [-0.25, -0.2) is 4.98 Å². The van der Waals surface area contributed by atoms with Crippen molar-refractivity contribution in [3.63, 3.8) is 0 Å². The van der Waals surface area contributed by atoms with Gasteiger partial charge in [0, 0.05) is 20.2 Å². The van der Waals surface area contributed by atoms with Gasteiger partial charge in [0.1, 0.15) is 17.3 Å². The molecule has 1 aliphatic rings. The predicted octanol–water partition coefficient (Wildman–Crippen LogP) is 2.59. The summed E-state index contributed by atoms with van der Waals surface area (Å²) in [6.07, 6.45) is 2.53. The number of amides is 2. The summed E-state index contributed by atoms with van der Waals surface area (Å²) in [5.74, 6) is 0.816. The number of anilines is 2. The average Bonchev–Trinajstić information content (AvgIpc) is 2.75. The highest BCUT2D eigenvalue weighted by Crippen LogP contribution is 2.27. The third-order valence-corrected chi connectivity index (χ3v) is 4.70. The summed E-state index contributed by atoms with van der Waals surface area (Å²) in [6, 6.07) is 12.9. The van der Waals surface area contributed by atoms with Crippen LogP contribution in [0.3, 0.4) is 0 Å². The van der Waals surface area contributed by atoms with Crippen LogP contribution in [0, 0.1) is 0 Å². The van der Waals surface area contributed by atoms with Crippen molar-refractivity contribution in [2.75, 3.05) is 45.3 Å². The maximum Gasteiger partial charge on any atom is 0.273 e. The van der Waals surface area contributed by atoms with E-state index in [0.29, 0.717) is 37.8 Å². The molecule has 0 unspecified atom stereocenters. The number of nitrogens with one attached hydrogen (secondary N) is 2. The molecule has 2 amide bonds. The van der Waals surface area contributed by atoms with E-state index in [1.54, 1.807) is 30.2 Å². The lowest BCUT2D eigenvalue weighted by Crippen LogP contribution is -2.42. The van der Waals surface area contributed by atoms with E-state index in [2.05, 4.69) is 15.6 Å². The van der Waals surface area contributed by atoms with Gasteiger partial charge in [0.25, 0.3) is 5.91 Å². The van der Waals surface area contributed by atoms with Crippen LogP contribution in [0.1, 0.15) is 29.8 Å². The number of para-hydroxylation sites is 2. The first-order valence-corrected chi connectivity index (χ1v) is 10.2. The van der Waals surface area contributed by atoms with Gasteiger partial charge in [-0.3, -0.25) is 9.59 Å². The number of rotatable bonds is 5. The first-order valence-electron chi connectivity index (χ1n) is 10.2. The molecule has 160 valence electrons. The van der Waals surface area contributed by atoms with E-state index in [4.69, 9.17) is 9.47 Å². The van der Waals surface area contributed by atoms with Crippen LogP contribution in [-0.2, 0) is 9.53 Å². The molecule has 0 radical (unpaired) electrons. The van der Waals surface area contributed by atoms with E-state index in [0.717, 1.165) is 30.7 Å². The maximum absolute atomic E-state index is 13.1. The molecule has 30 heavy (non-hydrogen) atoms. The Kier molecular flexibility index (Phi) is 8.02. The molecule has 0 saturated carbocycles. The van der Waals surface area contributed by atoms with Gasteiger partial charge in [0.2, 0.25) is 5.91 Å². The van der Waals surface area contributed by atoms with Gasteiger partial charge in [-0.15, -0.1) is 0 Å². The first-order chi connectivity index (χ1) is 14.7. The van der Waals surface area contributed by atoms with Crippen LogP contribution in [-0.4, -0.2) is 61.7 Å². The molecule has 2 aromatic rings. The Balaban J connectivity index is 1.80. The second-order valence-corrected chi connectivity index (χ2v) is 7.01. The fourth-order valence-electron chi connectivity index (χ4n) is 3.16. The van der Waals surface area contributed by atoms with Crippen molar-refractivity contribution in [1.29, 1.82) is 0 Å². The first kappa shape index (κ1) is 21.6. The molecule has 1 aromatic carbocycles. The summed E-state index contributed by atoms with van der Waals surface area (Å²) in [4.78, 5) is 31.4. The van der Waals surface area contributed by atoms with E-state index in [-0.39, 0.29) is 18.4 Å². The number of carbonyl (C=O) groups excluding carboxylic acids is 2. The number of nitrogens with zero attached hydrogens (tertiary/aromatic N) is 2. The highest BCUT2D eigenvalue weighted by Gasteiger charge is 2.20. The second kappa shape index (κ2) is 11.2. The van der Waals surface area contributed by atoms with Crippen molar-refractivity contribution in [3.8, 4) is 5.75 Å². The summed E-state index contributed by atoms with van der Waals surface area (Å²) >= 11 is 0. The molecule has 0 fully saturated rings. The standard InChI is InChI=1S/C22H28N4O4/c1-29-15-12-23-21(27)16-26-13-5-2-6-14-30-19-10-4-3-8-17(19)24-20-11-7-9-18(25-20)22(26)28/h3-4,7-11H,2,5-6,12-16H2,1H3,(H,23,27)(H,24,25). The molecule has 0 atom stereocenters. The van der Waals surface area contributed by atoms with Gasteiger partial charge < -0.3 is 25.0 Å². The third-order valence-electron chi connectivity index (χ3n) is 4.70. The number of fused-ring (bicyclic) bond motifs is 3. The Morgan fingerprint density at radius 1 is 1.20 bits per heavy atom. The smallest absolute Gasteiger partial charge is 0.273 e. The van der Waals surface area contributed by atoms with E-state index >= 15 is 0 Å². The molecule has 3 rings (SSSR count). The van der Waals surface area contributed by atoms with Crippen molar-refractivity contribution in [3.05, 3.63) is 48.2 Å². The fourth-order valence-corrected chi connectivity index (χ4v) is 3.16. The predicted molar refractivity (Wildman–Crippen MR) is 114 cm³/mol. The summed E-state index contributed by atoms with van der Waals surface area (Å²) in [5.41, 5.74) is 1.08. The minimum atomic E-state index is -0.262. The number of benzene rings is 1. The number of hydrogen-bond acceptors (Lipinski definition) is 6. The summed E-state index contributed by atoms with van der Waals surface area (Å²) < 4.78 is 10.9. The zero-order valence-electron chi connectivity index (χ0n) is 17.2. The number of aromatic nitrogens is 1. The van der Waals surface area contributed by atoms with Crippen LogP contribution in [0.15, 0.2) is 42.5 Å². The lowest BCUT2D eigenvalue weighted by molar-refractivity contribution is -0.122. The Morgan fingerprint density at radius 2 is 2.07 bits per heavy atom. The van der Waals surface area contributed by atoms with Crippen LogP contribution in [0.2, 0.25) is 0 Å². The minimum Gasteiger partial charge on any atom is -0.491 e. The van der Waals surface area contributed by atoms with E-state index in [1.165, 1.54) is 0 Å². The average molecular weight is 412 g/mol. The molecule has 0 saturated heterocycles. The van der Waals surface area contributed by atoms with Crippen LogP contribution < -0.4 is 15.4 Å². The molecule has 2 N–H and O–H groups in total. The lowest BCUT2D eigenvalue weighted by Gasteiger charge is -2.23. The third kappa shape index (κ3) is 6.18. The van der Waals surface area contributed by atoms with E-state index < -0.39 is 0 Å². The van der Waals surface area contributed by atoms with Crippen LogP contribution >= 0.6 is 0 Å². The Bertz CT molecular complexity index is 859. The minimum absolute atomic E-state index is 0.0127. The zero-order valence-corrected chi connectivity index (χ0v) is 17.2. The number of ether oxygens (including phenoxy) is 2. The molecule has 1 aliphatic heterocycles. The molecule has 2 bridgehead atoms. The van der Waals surface area contributed by atoms with E-state index in [1.807, 2.05) is 24.3 Å². The fraction of sp³-hybridized carbons (Fsp3) is 0.409. The van der Waals surface area contributed by atoms with Crippen molar-refractivity contribution in [1.82, 2.24) is 15.2 Å². The normalized spacial score (nSPS) is 14.7.